The number of carbonyl (C=O) groups excluding carboxylic acids is 2. The first kappa shape index (κ1) is 21.1. The predicted octanol–water partition coefficient (Wildman–Crippen LogP) is 4.96. The number of rotatable bonds is 6. The third-order valence-electron chi connectivity index (χ3n) is 5.86. The molecule has 1 aliphatic carbocycles. The van der Waals surface area contributed by atoms with Crippen molar-refractivity contribution in [2.45, 2.75) is 18.9 Å². The van der Waals surface area contributed by atoms with E-state index in [9.17, 15) is 9.59 Å². The number of benzene rings is 2. The minimum atomic E-state index is -0.148. The van der Waals surface area contributed by atoms with E-state index in [0.717, 1.165) is 28.3 Å². The Labute approximate surface area is 196 Å². The zero-order valence-corrected chi connectivity index (χ0v) is 18.4. The maximum Gasteiger partial charge on any atom is 0.251 e. The van der Waals surface area contributed by atoms with Crippen LogP contribution in [0.1, 0.15) is 33.8 Å². The second kappa shape index (κ2) is 9.00. The zero-order chi connectivity index (χ0) is 22.8. The van der Waals surface area contributed by atoms with Crippen molar-refractivity contribution >= 4 is 39.9 Å². The van der Waals surface area contributed by atoms with Crippen LogP contribution in [-0.4, -0.2) is 21.8 Å². The molecular weight excluding hydrogens is 436 g/mol. The Morgan fingerprint density at radius 3 is 2.76 bits per heavy atom. The first-order chi connectivity index (χ1) is 16.1. The summed E-state index contributed by atoms with van der Waals surface area (Å²) in [5, 5.41) is 8.23. The molecule has 1 saturated carbocycles. The quantitative estimate of drug-likeness (QED) is 0.429. The van der Waals surface area contributed by atoms with E-state index in [4.69, 9.17) is 11.6 Å². The van der Waals surface area contributed by atoms with Crippen LogP contribution in [0.4, 0.5) is 5.69 Å². The standard InChI is InChI=1S/C26H21ClN4O2/c27-24-15-29-14-19-6-7-20(10-22(19)24)31-26(33)23-11-21(23)17-4-1-5-18(9-17)25(32)30-13-16-3-2-8-28-12-16/h1-10,12,14-15,21,23H,11,13H2,(H,30,32)(H,31,33)/t21-,23+/m0/s1. The van der Waals surface area contributed by atoms with Gasteiger partial charge in [0.05, 0.1) is 5.02 Å². The van der Waals surface area contributed by atoms with Crippen molar-refractivity contribution in [3.63, 3.8) is 0 Å². The van der Waals surface area contributed by atoms with Gasteiger partial charge in [0.25, 0.3) is 5.91 Å². The normalized spacial score (nSPS) is 16.9. The van der Waals surface area contributed by atoms with Crippen LogP contribution >= 0.6 is 11.6 Å². The van der Waals surface area contributed by atoms with Gasteiger partial charge in [-0.3, -0.25) is 19.6 Å². The Kier molecular flexibility index (Phi) is 5.75. The number of halogens is 1. The van der Waals surface area contributed by atoms with E-state index in [-0.39, 0.29) is 23.7 Å². The molecule has 4 aromatic rings. The topological polar surface area (TPSA) is 84.0 Å². The Morgan fingerprint density at radius 1 is 1.00 bits per heavy atom. The Hall–Kier alpha value is -3.77. The summed E-state index contributed by atoms with van der Waals surface area (Å²) in [6.07, 6.45) is 7.51. The highest BCUT2D eigenvalue weighted by atomic mass is 35.5. The Balaban J connectivity index is 1.22. The fourth-order valence-corrected chi connectivity index (χ4v) is 4.21. The van der Waals surface area contributed by atoms with Crippen molar-refractivity contribution in [2.75, 3.05) is 5.32 Å². The molecule has 33 heavy (non-hydrogen) atoms. The lowest BCUT2D eigenvalue weighted by atomic mass is 10.0. The van der Waals surface area contributed by atoms with Crippen molar-refractivity contribution in [3.05, 3.63) is 101 Å². The van der Waals surface area contributed by atoms with E-state index < -0.39 is 0 Å². The monoisotopic (exact) mass is 456 g/mol. The lowest BCUT2D eigenvalue weighted by molar-refractivity contribution is -0.117. The first-order valence-electron chi connectivity index (χ1n) is 10.7. The van der Waals surface area contributed by atoms with Gasteiger partial charge in [-0.05, 0) is 53.8 Å². The molecule has 0 unspecified atom stereocenters. The van der Waals surface area contributed by atoms with Gasteiger partial charge in [-0.25, -0.2) is 0 Å². The number of carbonyl (C=O) groups is 2. The number of fused-ring (bicyclic) bond motifs is 1. The van der Waals surface area contributed by atoms with Crippen LogP contribution in [0.25, 0.3) is 10.8 Å². The fraction of sp³-hybridized carbons (Fsp3) is 0.154. The number of nitrogens with one attached hydrogen (secondary N) is 2. The molecule has 0 saturated heterocycles. The lowest BCUT2D eigenvalue weighted by Gasteiger charge is -2.08. The van der Waals surface area contributed by atoms with Crippen LogP contribution in [0.2, 0.25) is 5.02 Å². The highest BCUT2D eigenvalue weighted by Crippen LogP contribution is 2.48. The van der Waals surface area contributed by atoms with Gasteiger partial charge in [-0.1, -0.05) is 35.9 Å². The second-order valence-electron chi connectivity index (χ2n) is 8.16. The third kappa shape index (κ3) is 4.71. The maximum absolute atomic E-state index is 12.8. The summed E-state index contributed by atoms with van der Waals surface area (Å²) in [4.78, 5) is 33.5. The summed E-state index contributed by atoms with van der Waals surface area (Å²) in [6, 6.07) is 16.8. The maximum atomic E-state index is 12.8. The molecule has 2 heterocycles. The minimum absolute atomic E-state index is 0.0315. The molecule has 5 rings (SSSR count). The summed E-state index contributed by atoms with van der Waals surface area (Å²) in [7, 11) is 0. The highest BCUT2D eigenvalue weighted by molar-refractivity contribution is 6.35. The highest BCUT2D eigenvalue weighted by Gasteiger charge is 2.44. The van der Waals surface area contributed by atoms with Crippen molar-refractivity contribution < 1.29 is 9.59 Å². The van der Waals surface area contributed by atoms with Crippen LogP contribution in [0.15, 0.2) is 79.4 Å². The number of hydrogen-bond acceptors (Lipinski definition) is 4. The number of hydrogen-bond donors (Lipinski definition) is 2. The zero-order valence-electron chi connectivity index (χ0n) is 17.7. The molecule has 2 aromatic heterocycles. The van der Waals surface area contributed by atoms with Crippen molar-refractivity contribution in [1.29, 1.82) is 0 Å². The molecule has 7 heteroatoms. The number of amides is 2. The fourth-order valence-electron chi connectivity index (χ4n) is 3.99. The van der Waals surface area contributed by atoms with Crippen molar-refractivity contribution in [2.24, 2.45) is 5.92 Å². The lowest BCUT2D eigenvalue weighted by Crippen LogP contribution is -2.23. The number of anilines is 1. The van der Waals surface area contributed by atoms with E-state index in [1.54, 1.807) is 30.9 Å². The molecular formula is C26H21ClN4O2. The largest absolute Gasteiger partial charge is 0.348 e. The van der Waals surface area contributed by atoms with Gasteiger partial charge in [0.2, 0.25) is 5.91 Å². The van der Waals surface area contributed by atoms with Crippen LogP contribution in [0, 0.1) is 5.92 Å². The summed E-state index contributed by atoms with van der Waals surface area (Å²) < 4.78 is 0. The molecule has 2 aromatic carbocycles. The van der Waals surface area contributed by atoms with Gasteiger partial charge >= 0.3 is 0 Å². The van der Waals surface area contributed by atoms with Crippen LogP contribution in [-0.2, 0) is 11.3 Å². The smallest absolute Gasteiger partial charge is 0.251 e. The molecule has 0 aliphatic heterocycles. The summed E-state index contributed by atoms with van der Waals surface area (Å²) >= 11 is 6.23. The molecule has 1 aliphatic rings. The van der Waals surface area contributed by atoms with Crippen molar-refractivity contribution in [3.8, 4) is 0 Å². The van der Waals surface area contributed by atoms with E-state index >= 15 is 0 Å². The van der Waals surface area contributed by atoms with Gasteiger partial charge in [0.15, 0.2) is 0 Å². The molecule has 0 radical (unpaired) electrons. The predicted molar refractivity (Wildman–Crippen MR) is 128 cm³/mol. The van der Waals surface area contributed by atoms with Gasteiger partial charge in [0, 0.05) is 59.3 Å². The summed E-state index contributed by atoms with van der Waals surface area (Å²) in [5.74, 6) is -0.201. The molecule has 2 atom stereocenters. The summed E-state index contributed by atoms with van der Waals surface area (Å²) in [5.41, 5.74) is 3.22. The van der Waals surface area contributed by atoms with E-state index in [1.807, 2.05) is 48.5 Å². The molecule has 2 N–H and O–H groups in total. The third-order valence-corrected chi connectivity index (χ3v) is 6.16. The molecule has 0 spiro atoms. The SMILES string of the molecule is O=C(NCc1cccnc1)c1cccc([C@@H]2C[C@H]2C(=O)Nc2ccc3cncc(Cl)c3c2)c1. The van der Waals surface area contributed by atoms with E-state index in [0.29, 0.717) is 22.8 Å². The van der Waals surface area contributed by atoms with Gasteiger partial charge in [-0.2, -0.15) is 0 Å². The average molecular weight is 457 g/mol. The Bertz CT molecular complexity index is 1340. The number of aromatic nitrogens is 2. The summed E-state index contributed by atoms with van der Waals surface area (Å²) in [6.45, 7) is 0.414. The molecule has 164 valence electrons. The van der Waals surface area contributed by atoms with Crippen molar-refractivity contribution in [1.82, 2.24) is 15.3 Å². The molecule has 1 fully saturated rings. The van der Waals surface area contributed by atoms with E-state index in [1.165, 1.54) is 0 Å². The van der Waals surface area contributed by atoms with Gasteiger partial charge in [0.1, 0.15) is 0 Å². The average Bonchev–Trinajstić information content (AvgIpc) is 3.65. The van der Waals surface area contributed by atoms with E-state index in [2.05, 4.69) is 20.6 Å². The minimum Gasteiger partial charge on any atom is -0.348 e. The first-order valence-corrected chi connectivity index (χ1v) is 11.1. The molecule has 0 bridgehead atoms. The van der Waals surface area contributed by atoms with Crippen LogP contribution in [0.5, 0.6) is 0 Å². The number of nitrogens with zero attached hydrogens (tertiary/aromatic N) is 2. The number of pyridine rings is 2. The van der Waals surface area contributed by atoms with Gasteiger partial charge < -0.3 is 10.6 Å². The Morgan fingerprint density at radius 2 is 1.91 bits per heavy atom. The second-order valence-corrected chi connectivity index (χ2v) is 8.57. The molecule has 2 amide bonds. The molecule has 6 nitrogen and oxygen atoms in total. The van der Waals surface area contributed by atoms with Crippen LogP contribution < -0.4 is 10.6 Å². The van der Waals surface area contributed by atoms with Crippen LogP contribution in [0.3, 0.4) is 0 Å². The van der Waals surface area contributed by atoms with Gasteiger partial charge in [-0.15, -0.1) is 0 Å².